The zero-order valence-corrected chi connectivity index (χ0v) is 18.1. The number of rotatable bonds is 6. The number of fused-ring (bicyclic) bond motifs is 2. The lowest BCUT2D eigenvalue weighted by Gasteiger charge is -2.27. The average Bonchev–Trinajstić information content (AvgIpc) is 3.36. The summed E-state index contributed by atoms with van der Waals surface area (Å²) in [5, 5.41) is 14.8. The Hall–Kier alpha value is -2.73. The van der Waals surface area contributed by atoms with Crippen molar-refractivity contribution in [1.82, 2.24) is 19.3 Å². The summed E-state index contributed by atoms with van der Waals surface area (Å²) in [6.45, 7) is 0.615. The third-order valence-electron chi connectivity index (χ3n) is 6.33. The SMILES string of the molecule is O=S(=O)(O)NC[C@@H]1C[C@@H](n2ccc3c(N[C@H]4CCOc5ccccc54)ncnc32)C[C@@H]1O. The Kier molecular flexibility index (Phi) is 5.49. The first kappa shape index (κ1) is 21.1. The number of aliphatic hydroxyl groups excluding tert-OH is 1. The predicted molar refractivity (Wildman–Crippen MR) is 118 cm³/mol. The Morgan fingerprint density at radius 2 is 2.03 bits per heavy atom. The Morgan fingerprint density at radius 1 is 1.19 bits per heavy atom. The fraction of sp³-hybridized carbons (Fsp3) is 0.429. The number of benzene rings is 1. The lowest BCUT2D eigenvalue weighted by molar-refractivity contribution is 0.133. The maximum absolute atomic E-state index is 11.0. The van der Waals surface area contributed by atoms with Crippen LogP contribution >= 0.6 is 0 Å². The molecular weight excluding hydrogens is 434 g/mol. The van der Waals surface area contributed by atoms with E-state index in [4.69, 9.17) is 9.29 Å². The van der Waals surface area contributed by atoms with E-state index in [1.54, 1.807) is 0 Å². The molecule has 1 aliphatic heterocycles. The van der Waals surface area contributed by atoms with E-state index in [1.165, 1.54) is 6.33 Å². The summed E-state index contributed by atoms with van der Waals surface area (Å²) in [4.78, 5) is 8.94. The molecule has 1 aromatic carbocycles. The number of anilines is 1. The molecule has 2 aliphatic rings. The molecule has 1 saturated carbocycles. The highest BCUT2D eigenvalue weighted by Gasteiger charge is 2.35. The standard InChI is InChI=1S/C21H25N5O5S/c27-18-10-14(9-13(18)11-24-32(28,29)30)26-7-5-16-20(22-12-23-21(16)26)25-17-6-8-31-19-4-2-1-3-15(17)19/h1-5,7,12-14,17-18,24,27H,6,8-11H2,(H,22,23,25)(H,28,29,30)/t13-,14+,17-,18-/m0/s1. The van der Waals surface area contributed by atoms with Gasteiger partial charge in [-0.2, -0.15) is 13.1 Å². The van der Waals surface area contributed by atoms with Crippen molar-refractivity contribution in [3.05, 3.63) is 48.4 Å². The Balaban J connectivity index is 1.37. The maximum Gasteiger partial charge on any atom is 0.333 e. The summed E-state index contributed by atoms with van der Waals surface area (Å²) < 4.78 is 40.7. The largest absolute Gasteiger partial charge is 0.493 e. The van der Waals surface area contributed by atoms with Crippen LogP contribution in [0, 0.1) is 5.92 Å². The molecule has 4 N–H and O–H groups in total. The summed E-state index contributed by atoms with van der Waals surface area (Å²) in [6.07, 6.45) is 4.63. The van der Waals surface area contributed by atoms with E-state index in [1.807, 2.05) is 35.0 Å². The van der Waals surface area contributed by atoms with Crippen molar-refractivity contribution in [3.63, 3.8) is 0 Å². The molecule has 32 heavy (non-hydrogen) atoms. The summed E-state index contributed by atoms with van der Waals surface area (Å²) >= 11 is 0. The second-order valence-corrected chi connectivity index (χ2v) is 9.57. The highest BCUT2D eigenvalue weighted by atomic mass is 32.2. The fourth-order valence-electron chi connectivity index (χ4n) is 4.77. The highest BCUT2D eigenvalue weighted by molar-refractivity contribution is 7.83. The number of ether oxygens (including phenoxy) is 1. The fourth-order valence-corrected chi connectivity index (χ4v) is 5.20. The van der Waals surface area contributed by atoms with Crippen molar-refractivity contribution in [1.29, 1.82) is 0 Å². The summed E-state index contributed by atoms with van der Waals surface area (Å²) in [7, 11) is -4.29. The lowest BCUT2D eigenvalue weighted by Crippen LogP contribution is -2.31. The van der Waals surface area contributed by atoms with Crippen molar-refractivity contribution >= 4 is 27.2 Å². The smallest absolute Gasteiger partial charge is 0.333 e. The summed E-state index contributed by atoms with van der Waals surface area (Å²) in [5.74, 6) is 1.32. The molecule has 4 atom stereocenters. The molecular formula is C21H25N5O5S. The van der Waals surface area contributed by atoms with Crippen LogP contribution in [0.5, 0.6) is 5.75 Å². The molecule has 0 bridgehead atoms. The van der Waals surface area contributed by atoms with Crippen LogP contribution in [0.2, 0.25) is 0 Å². The van der Waals surface area contributed by atoms with Gasteiger partial charge in [0.25, 0.3) is 0 Å². The van der Waals surface area contributed by atoms with Crippen molar-refractivity contribution in [2.75, 3.05) is 18.5 Å². The minimum Gasteiger partial charge on any atom is -0.493 e. The van der Waals surface area contributed by atoms with Gasteiger partial charge in [-0.25, -0.2) is 9.97 Å². The second-order valence-electron chi connectivity index (χ2n) is 8.33. The normalized spacial score (nSPS) is 25.4. The average molecular weight is 460 g/mol. The van der Waals surface area contributed by atoms with Crippen molar-refractivity contribution < 1.29 is 22.8 Å². The van der Waals surface area contributed by atoms with Crippen LogP contribution < -0.4 is 14.8 Å². The number of aliphatic hydroxyl groups is 1. The van der Waals surface area contributed by atoms with E-state index in [2.05, 4.69) is 26.1 Å². The molecule has 0 saturated heterocycles. The molecule has 3 aromatic rings. The molecule has 1 fully saturated rings. The van der Waals surface area contributed by atoms with E-state index in [9.17, 15) is 13.5 Å². The number of nitrogens with one attached hydrogen (secondary N) is 2. The third-order valence-corrected chi connectivity index (χ3v) is 6.86. The maximum atomic E-state index is 11.0. The van der Waals surface area contributed by atoms with Crippen molar-refractivity contribution in [3.8, 4) is 5.75 Å². The van der Waals surface area contributed by atoms with Gasteiger partial charge in [0.1, 0.15) is 23.5 Å². The van der Waals surface area contributed by atoms with E-state index in [-0.39, 0.29) is 24.5 Å². The Morgan fingerprint density at radius 3 is 2.88 bits per heavy atom. The zero-order chi connectivity index (χ0) is 22.3. The van der Waals surface area contributed by atoms with Gasteiger partial charge in [0.2, 0.25) is 0 Å². The molecule has 2 aromatic heterocycles. The predicted octanol–water partition coefficient (Wildman–Crippen LogP) is 2.07. The van der Waals surface area contributed by atoms with Gasteiger partial charge < -0.3 is 19.7 Å². The first-order valence-electron chi connectivity index (χ1n) is 10.6. The van der Waals surface area contributed by atoms with Crippen molar-refractivity contribution in [2.24, 2.45) is 5.92 Å². The Labute approximate surface area is 185 Å². The number of aromatic nitrogens is 3. The van der Waals surface area contributed by atoms with Gasteiger partial charge in [-0.1, -0.05) is 18.2 Å². The molecule has 3 heterocycles. The quantitative estimate of drug-likeness (QED) is 0.411. The van der Waals surface area contributed by atoms with Gasteiger partial charge in [-0.15, -0.1) is 0 Å². The molecule has 0 radical (unpaired) electrons. The van der Waals surface area contributed by atoms with Gasteiger partial charge in [0, 0.05) is 36.7 Å². The van der Waals surface area contributed by atoms with E-state index in [0.717, 1.165) is 34.6 Å². The van der Waals surface area contributed by atoms with Crippen LogP contribution in [-0.4, -0.2) is 51.9 Å². The number of nitrogens with zero attached hydrogens (tertiary/aromatic N) is 3. The van der Waals surface area contributed by atoms with E-state index in [0.29, 0.717) is 19.4 Å². The molecule has 1 aliphatic carbocycles. The molecule has 0 spiro atoms. The second kappa shape index (κ2) is 8.32. The topological polar surface area (TPSA) is 139 Å². The van der Waals surface area contributed by atoms with Gasteiger partial charge in [0.15, 0.2) is 0 Å². The zero-order valence-electron chi connectivity index (χ0n) is 17.3. The highest BCUT2D eigenvalue weighted by Crippen LogP contribution is 2.38. The monoisotopic (exact) mass is 459 g/mol. The van der Waals surface area contributed by atoms with E-state index < -0.39 is 16.4 Å². The molecule has 0 amide bonds. The summed E-state index contributed by atoms with van der Waals surface area (Å²) in [5.41, 5.74) is 1.85. The minimum atomic E-state index is -4.29. The summed E-state index contributed by atoms with van der Waals surface area (Å²) in [6, 6.07) is 9.96. The van der Waals surface area contributed by atoms with Crippen LogP contribution in [0.15, 0.2) is 42.9 Å². The number of hydrogen-bond acceptors (Lipinski definition) is 7. The minimum absolute atomic E-state index is 0.0132. The lowest BCUT2D eigenvalue weighted by atomic mass is 10.0. The first-order valence-corrected chi connectivity index (χ1v) is 12.0. The molecule has 10 nitrogen and oxygen atoms in total. The Bertz CT molecular complexity index is 1230. The van der Waals surface area contributed by atoms with Gasteiger partial charge in [-0.3, -0.25) is 4.55 Å². The van der Waals surface area contributed by atoms with Crippen LogP contribution in [0.4, 0.5) is 5.82 Å². The van der Waals surface area contributed by atoms with Crippen LogP contribution in [-0.2, 0) is 10.3 Å². The number of para-hydroxylation sites is 1. The van der Waals surface area contributed by atoms with Gasteiger partial charge >= 0.3 is 10.3 Å². The van der Waals surface area contributed by atoms with E-state index >= 15 is 0 Å². The van der Waals surface area contributed by atoms with Crippen molar-refractivity contribution in [2.45, 2.75) is 37.5 Å². The van der Waals surface area contributed by atoms with Gasteiger partial charge in [0.05, 0.1) is 24.1 Å². The molecule has 11 heteroatoms. The van der Waals surface area contributed by atoms with Gasteiger partial charge in [-0.05, 0) is 25.0 Å². The van der Waals surface area contributed by atoms with Crippen LogP contribution in [0.1, 0.15) is 36.9 Å². The molecule has 0 unspecified atom stereocenters. The molecule has 5 rings (SSSR count). The third kappa shape index (κ3) is 4.16. The van der Waals surface area contributed by atoms with Crippen LogP contribution in [0.25, 0.3) is 11.0 Å². The van der Waals surface area contributed by atoms with Crippen LogP contribution in [0.3, 0.4) is 0 Å². The first-order chi connectivity index (χ1) is 15.4. The number of hydrogen-bond donors (Lipinski definition) is 4. The molecule has 170 valence electrons.